The number of piperazine rings is 1. The highest BCUT2D eigenvalue weighted by atomic mass is 16.5. The molecule has 4 nitrogen and oxygen atoms in total. The quantitative estimate of drug-likeness (QED) is 0.431. The molecule has 0 N–H and O–H groups in total. The van der Waals surface area contributed by atoms with Gasteiger partial charge in [0.1, 0.15) is 5.75 Å². The van der Waals surface area contributed by atoms with Crippen molar-refractivity contribution in [3.63, 3.8) is 0 Å². The molecule has 2 heterocycles. The van der Waals surface area contributed by atoms with Crippen LogP contribution < -0.4 is 14.5 Å². The fourth-order valence-corrected chi connectivity index (χ4v) is 6.58. The van der Waals surface area contributed by atoms with Gasteiger partial charge >= 0.3 is 0 Å². The number of piperidine rings is 1. The van der Waals surface area contributed by atoms with E-state index in [4.69, 9.17) is 4.74 Å². The maximum absolute atomic E-state index is 6.03. The van der Waals surface area contributed by atoms with Crippen LogP contribution in [0.1, 0.15) is 97.0 Å². The molecule has 1 aromatic carbocycles. The summed E-state index contributed by atoms with van der Waals surface area (Å²) in [6.45, 7) is 17.8. The van der Waals surface area contributed by atoms with Crippen molar-refractivity contribution in [2.45, 2.75) is 91.4 Å². The Bertz CT molecular complexity index is 764. The smallest absolute Gasteiger partial charge is 0.144 e. The lowest BCUT2D eigenvalue weighted by Crippen LogP contribution is -2.47. The van der Waals surface area contributed by atoms with Crippen molar-refractivity contribution in [1.29, 1.82) is 0 Å². The predicted molar refractivity (Wildman–Crippen MR) is 147 cm³/mol. The Balaban J connectivity index is 1.60. The molecule has 2 saturated heterocycles. The number of hydrogen-bond donors (Lipinski definition) is 0. The number of nitrogens with zero attached hydrogens (tertiary/aromatic N) is 3. The first-order chi connectivity index (χ1) is 16.4. The summed E-state index contributed by atoms with van der Waals surface area (Å²) in [5.41, 5.74) is 4.85. The van der Waals surface area contributed by atoms with E-state index < -0.39 is 0 Å². The van der Waals surface area contributed by atoms with Gasteiger partial charge in [-0.1, -0.05) is 34.1 Å². The molecule has 0 amide bonds. The standard InChI is InChI=1S/C30H51N3O/c1-6-7-15-31-18-20-33(21-19-31)27-23-29(34-5)28(32-16-9-8-10-17-32)22-26(27)24-11-13-25(14-12-24)30(2,3)4/h22-25H,6-21H2,1-5H3. The molecule has 3 aliphatic rings. The highest BCUT2D eigenvalue weighted by Crippen LogP contribution is 2.48. The Morgan fingerprint density at radius 3 is 2.06 bits per heavy atom. The predicted octanol–water partition coefficient (Wildman–Crippen LogP) is 6.93. The van der Waals surface area contributed by atoms with Crippen LogP contribution >= 0.6 is 0 Å². The van der Waals surface area contributed by atoms with E-state index in [1.165, 1.54) is 102 Å². The summed E-state index contributed by atoms with van der Waals surface area (Å²) in [5, 5.41) is 0. The van der Waals surface area contributed by atoms with Crippen LogP contribution in [-0.4, -0.2) is 57.8 Å². The van der Waals surface area contributed by atoms with Gasteiger partial charge in [-0.3, -0.25) is 4.90 Å². The summed E-state index contributed by atoms with van der Waals surface area (Å²) >= 11 is 0. The number of unbranched alkanes of at least 4 members (excludes halogenated alkanes) is 1. The molecular weight excluding hydrogens is 418 g/mol. The van der Waals surface area contributed by atoms with Crippen molar-refractivity contribution in [3.8, 4) is 5.75 Å². The molecule has 34 heavy (non-hydrogen) atoms. The van der Waals surface area contributed by atoms with Gasteiger partial charge in [-0.2, -0.15) is 0 Å². The molecular formula is C30H51N3O. The highest BCUT2D eigenvalue weighted by Gasteiger charge is 2.33. The van der Waals surface area contributed by atoms with Gasteiger partial charge < -0.3 is 14.5 Å². The fourth-order valence-electron chi connectivity index (χ4n) is 6.58. The summed E-state index contributed by atoms with van der Waals surface area (Å²) < 4.78 is 6.03. The van der Waals surface area contributed by atoms with Crippen molar-refractivity contribution in [2.24, 2.45) is 11.3 Å². The van der Waals surface area contributed by atoms with Crippen LogP contribution in [0.15, 0.2) is 12.1 Å². The fraction of sp³-hybridized carbons (Fsp3) is 0.800. The molecule has 0 unspecified atom stereocenters. The van der Waals surface area contributed by atoms with Gasteiger partial charge in [-0.15, -0.1) is 0 Å². The third kappa shape index (κ3) is 6.04. The lowest BCUT2D eigenvalue weighted by Gasteiger charge is -2.41. The van der Waals surface area contributed by atoms with E-state index in [0.29, 0.717) is 11.3 Å². The molecule has 1 saturated carbocycles. The van der Waals surface area contributed by atoms with Gasteiger partial charge in [0.15, 0.2) is 0 Å². The number of anilines is 2. The molecule has 0 bridgehead atoms. The Hall–Kier alpha value is -1.42. The van der Waals surface area contributed by atoms with Crippen LogP contribution in [0, 0.1) is 11.3 Å². The molecule has 4 heteroatoms. The normalized spacial score (nSPS) is 25.0. The summed E-state index contributed by atoms with van der Waals surface area (Å²) in [7, 11) is 1.86. The molecule has 192 valence electrons. The molecule has 2 aliphatic heterocycles. The molecule has 1 aliphatic carbocycles. The molecule has 0 aromatic heterocycles. The first-order valence-electron chi connectivity index (χ1n) is 14.3. The summed E-state index contributed by atoms with van der Waals surface area (Å²) in [6.07, 6.45) is 12.0. The number of benzene rings is 1. The number of ether oxygens (including phenoxy) is 1. The molecule has 0 radical (unpaired) electrons. The minimum atomic E-state index is 0.432. The van der Waals surface area contributed by atoms with Crippen molar-refractivity contribution >= 4 is 11.4 Å². The van der Waals surface area contributed by atoms with Crippen LogP contribution in [-0.2, 0) is 0 Å². The van der Waals surface area contributed by atoms with Gasteiger partial charge in [0, 0.05) is 51.0 Å². The summed E-state index contributed by atoms with van der Waals surface area (Å²) in [4.78, 5) is 7.93. The van der Waals surface area contributed by atoms with E-state index >= 15 is 0 Å². The van der Waals surface area contributed by atoms with Gasteiger partial charge in [0.2, 0.25) is 0 Å². The van der Waals surface area contributed by atoms with Crippen LogP contribution in [0.3, 0.4) is 0 Å². The van der Waals surface area contributed by atoms with Crippen LogP contribution in [0.4, 0.5) is 11.4 Å². The zero-order valence-corrected chi connectivity index (χ0v) is 22.9. The summed E-state index contributed by atoms with van der Waals surface area (Å²) in [6, 6.07) is 4.97. The Kier molecular flexibility index (Phi) is 8.71. The largest absolute Gasteiger partial charge is 0.495 e. The van der Waals surface area contributed by atoms with Crippen LogP contribution in [0.25, 0.3) is 0 Å². The maximum atomic E-state index is 6.03. The second-order valence-corrected chi connectivity index (χ2v) is 12.2. The topological polar surface area (TPSA) is 19.0 Å². The van der Waals surface area contributed by atoms with E-state index in [2.05, 4.69) is 54.5 Å². The van der Waals surface area contributed by atoms with Crippen molar-refractivity contribution in [3.05, 3.63) is 17.7 Å². The molecule has 3 fully saturated rings. The zero-order chi connectivity index (χ0) is 24.1. The number of hydrogen-bond acceptors (Lipinski definition) is 4. The van der Waals surface area contributed by atoms with Crippen molar-refractivity contribution < 1.29 is 4.74 Å². The third-order valence-corrected chi connectivity index (χ3v) is 8.96. The van der Waals surface area contributed by atoms with E-state index in [-0.39, 0.29) is 0 Å². The minimum Gasteiger partial charge on any atom is -0.495 e. The second-order valence-electron chi connectivity index (χ2n) is 12.2. The molecule has 0 atom stereocenters. The Morgan fingerprint density at radius 2 is 1.47 bits per heavy atom. The lowest BCUT2D eigenvalue weighted by molar-refractivity contribution is 0.169. The Labute approximate surface area is 210 Å². The Morgan fingerprint density at radius 1 is 0.824 bits per heavy atom. The van der Waals surface area contributed by atoms with Gasteiger partial charge in [0.25, 0.3) is 0 Å². The molecule has 1 aromatic rings. The average molecular weight is 470 g/mol. The zero-order valence-electron chi connectivity index (χ0n) is 22.9. The SMILES string of the molecule is CCCCN1CCN(c2cc(OC)c(N3CCCCC3)cc2C2CCC(C(C)(C)C)CC2)CC1. The molecule has 4 rings (SSSR count). The number of rotatable bonds is 7. The van der Waals surface area contributed by atoms with E-state index in [1.807, 2.05) is 7.11 Å². The van der Waals surface area contributed by atoms with E-state index in [0.717, 1.165) is 24.8 Å². The monoisotopic (exact) mass is 469 g/mol. The van der Waals surface area contributed by atoms with Crippen molar-refractivity contribution in [2.75, 3.05) is 62.7 Å². The second kappa shape index (κ2) is 11.5. The molecule has 0 spiro atoms. The third-order valence-electron chi connectivity index (χ3n) is 8.96. The highest BCUT2D eigenvalue weighted by molar-refractivity contribution is 5.71. The van der Waals surface area contributed by atoms with E-state index in [1.54, 1.807) is 5.56 Å². The van der Waals surface area contributed by atoms with Crippen LogP contribution in [0.5, 0.6) is 5.75 Å². The lowest BCUT2D eigenvalue weighted by atomic mass is 9.68. The average Bonchev–Trinajstić information content (AvgIpc) is 2.87. The van der Waals surface area contributed by atoms with Gasteiger partial charge in [-0.05, 0) is 86.8 Å². The minimum absolute atomic E-state index is 0.432. The van der Waals surface area contributed by atoms with Gasteiger partial charge in [0.05, 0.1) is 12.8 Å². The number of methoxy groups -OCH3 is 1. The van der Waals surface area contributed by atoms with E-state index in [9.17, 15) is 0 Å². The first-order valence-corrected chi connectivity index (χ1v) is 14.3. The van der Waals surface area contributed by atoms with Crippen LogP contribution in [0.2, 0.25) is 0 Å². The first kappa shape index (κ1) is 25.7. The maximum Gasteiger partial charge on any atom is 0.144 e. The van der Waals surface area contributed by atoms with Crippen molar-refractivity contribution in [1.82, 2.24) is 4.90 Å². The van der Waals surface area contributed by atoms with Gasteiger partial charge in [-0.25, -0.2) is 0 Å². The summed E-state index contributed by atoms with van der Waals surface area (Å²) in [5.74, 6) is 2.62.